The van der Waals surface area contributed by atoms with Gasteiger partial charge in [-0.15, -0.1) is 0 Å². The Morgan fingerprint density at radius 2 is 2.00 bits per heavy atom. The van der Waals surface area contributed by atoms with Crippen molar-refractivity contribution in [2.45, 2.75) is 26.4 Å². The molecule has 3 heteroatoms. The third-order valence-corrected chi connectivity index (χ3v) is 3.30. The Hall–Kier alpha value is -1.45. The van der Waals surface area contributed by atoms with Gasteiger partial charge in [0, 0.05) is 24.2 Å². The first-order chi connectivity index (χ1) is 8.72. The fourth-order valence-electron chi connectivity index (χ4n) is 2.06. The maximum Gasteiger partial charge on any atom is 0.0705 e. The van der Waals surface area contributed by atoms with Crippen LogP contribution in [0.5, 0.6) is 0 Å². The monoisotopic (exact) mass is 244 g/mol. The summed E-state index contributed by atoms with van der Waals surface area (Å²) < 4.78 is 0. The number of para-hydroxylation sites is 1. The molecule has 0 unspecified atom stereocenters. The summed E-state index contributed by atoms with van der Waals surface area (Å²) in [4.78, 5) is 4.35. The minimum atomic E-state index is 0.136. The summed E-state index contributed by atoms with van der Waals surface area (Å²) in [5.74, 6) is 0.420. The average Bonchev–Trinajstić information content (AvgIpc) is 2.39. The van der Waals surface area contributed by atoms with Crippen LogP contribution in [0.4, 0.5) is 0 Å². The van der Waals surface area contributed by atoms with Gasteiger partial charge in [0.05, 0.1) is 12.1 Å². The predicted octanol–water partition coefficient (Wildman–Crippen LogP) is 2.34. The largest absolute Gasteiger partial charge is 0.395 e. The van der Waals surface area contributed by atoms with Gasteiger partial charge in [-0.2, -0.15) is 0 Å². The van der Waals surface area contributed by atoms with Crippen LogP contribution in [0.3, 0.4) is 0 Å². The maximum absolute atomic E-state index is 9.31. The van der Waals surface area contributed by atoms with E-state index in [4.69, 9.17) is 0 Å². The molecule has 0 aliphatic rings. The summed E-state index contributed by atoms with van der Waals surface area (Å²) in [5.41, 5.74) is 2.24. The molecule has 2 aromatic rings. The molecule has 1 atom stereocenters. The topological polar surface area (TPSA) is 45.1 Å². The summed E-state index contributed by atoms with van der Waals surface area (Å²) in [6.45, 7) is 5.14. The smallest absolute Gasteiger partial charge is 0.0705 e. The number of rotatable bonds is 5. The Morgan fingerprint density at radius 1 is 1.22 bits per heavy atom. The fraction of sp³-hybridized carbons (Fsp3) is 0.400. The Morgan fingerprint density at radius 3 is 2.72 bits per heavy atom. The Labute approximate surface area is 108 Å². The summed E-state index contributed by atoms with van der Waals surface area (Å²) in [6, 6.07) is 10.3. The van der Waals surface area contributed by atoms with Crippen LogP contribution in [0.2, 0.25) is 0 Å². The minimum Gasteiger partial charge on any atom is -0.395 e. The van der Waals surface area contributed by atoms with Crippen LogP contribution in [-0.4, -0.2) is 22.7 Å². The number of pyridine rings is 1. The number of nitrogens with zero attached hydrogens (tertiary/aromatic N) is 1. The molecule has 0 amide bonds. The van der Waals surface area contributed by atoms with E-state index in [1.165, 1.54) is 10.9 Å². The highest BCUT2D eigenvalue weighted by molar-refractivity contribution is 5.81. The first-order valence-electron chi connectivity index (χ1n) is 6.39. The van der Waals surface area contributed by atoms with Crippen LogP contribution in [0.15, 0.2) is 36.5 Å². The lowest BCUT2D eigenvalue weighted by Crippen LogP contribution is -2.36. The number of fused-ring (bicyclic) bond motifs is 1. The molecule has 1 heterocycles. The van der Waals surface area contributed by atoms with Gasteiger partial charge in [0.1, 0.15) is 0 Å². The standard InChI is InChI=1S/C15H20N2O/c1-11(2)15(10-18)17-9-12-7-8-16-14-6-4-3-5-13(12)14/h3-8,11,15,17-18H,9-10H2,1-2H3/t15-/m1/s1. The fourth-order valence-corrected chi connectivity index (χ4v) is 2.06. The van der Waals surface area contributed by atoms with Gasteiger partial charge in [0.2, 0.25) is 0 Å². The second-order valence-corrected chi connectivity index (χ2v) is 4.90. The third kappa shape index (κ3) is 2.86. The molecule has 0 radical (unpaired) electrons. The third-order valence-electron chi connectivity index (χ3n) is 3.30. The second kappa shape index (κ2) is 5.94. The lowest BCUT2D eigenvalue weighted by Gasteiger charge is -2.20. The van der Waals surface area contributed by atoms with E-state index in [2.05, 4.69) is 30.2 Å². The van der Waals surface area contributed by atoms with Crippen LogP contribution in [0.1, 0.15) is 19.4 Å². The number of aromatic nitrogens is 1. The van der Waals surface area contributed by atoms with E-state index in [9.17, 15) is 5.11 Å². The molecule has 0 fully saturated rings. The zero-order valence-corrected chi connectivity index (χ0v) is 10.9. The first kappa shape index (κ1) is 13.0. The van der Waals surface area contributed by atoms with Gasteiger partial charge < -0.3 is 10.4 Å². The minimum absolute atomic E-state index is 0.136. The summed E-state index contributed by atoms with van der Waals surface area (Å²) in [7, 11) is 0. The highest BCUT2D eigenvalue weighted by Gasteiger charge is 2.11. The quantitative estimate of drug-likeness (QED) is 0.848. The molecule has 1 aromatic carbocycles. The van der Waals surface area contributed by atoms with E-state index < -0.39 is 0 Å². The van der Waals surface area contributed by atoms with Gasteiger partial charge in [-0.3, -0.25) is 4.98 Å². The van der Waals surface area contributed by atoms with Crippen molar-refractivity contribution < 1.29 is 5.11 Å². The van der Waals surface area contributed by atoms with Crippen molar-refractivity contribution in [2.75, 3.05) is 6.61 Å². The van der Waals surface area contributed by atoms with E-state index >= 15 is 0 Å². The van der Waals surface area contributed by atoms with Gasteiger partial charge in [0.15, 0.2) is 0 Å². The molecule has 2 rings (SSSR count). The van der Waals surface area contributed by atoms with Crippen molar-refractivity contribution in [3.05, 3.63) is 42.1 Å². The number of aliphatic hydroxyl groups excluding tert-OH is 1. The molecule has 3 nitrogen and oxygen atoms in total. The molecule has 1 aromatic heterocycles. The molecule has 0 aliphatic carbocycles. The molecule has 96 valence electrons. The summed E-state index contributed by atoms with van der Waals surface area (Å²) in [5, 5.41) is 13.9. The van der Waals surface area contributed by atoms with Gasteiger partial charge in [-0.05, 0) is 23.6 Å². The van der Waals surface area contributed by atoms with Crippen molar-refractivity contribution in [3.63, 3.8) is 0 Å². The molecule has 0 spiro atoms. The molecule has 0 saturated heterocycles. The van der Waals surface area contributed by atoms with Crippen molar-refractivity contribution in [2.24, 2.45) is 5.92 Å². The van der Waals surface area contributed by atoms with Crippen LogP contribution < -0.4 is 5.32 Å². The lowest BCUT2D eigenvalue weighted by molar-refractivity contribution is 0.210. The van der Waals surface area contributed by atoms with Gasteiger partial charge in [-0.1, -0.05) is 32.0 Å². The van der Waals surface area contributed by atoms with Crippen LogP contribution in [0.25, 0.3) is 10.9 Å². The van der Waals surface area contributed by atoms with Crippen molar-refractivity contribution in [1.82, 2.24) is 10.3 Å². The zero-order valence-electron chi connectivity index (χ0n) is 10.9. The van der Waals surface area contributed by atoms with Crippen LogP contribution >= 0.6 is 0 Å². The van der Waals surface area contributed by atoms with Crippen LogP contribution in [0, 0.1) is 5.92 Å². The van der Waals surface area contributed by atoms with Crippen LogP contribution in [-0.2, 0) is 6.54 Å². The van der Waals surface area contributed by atoms with E-state index in [1.807, 2.05) is 30.5 Å². The highest BCUT2D eigenvalue weighted by atomic mass is 16.3. The highest BCUT2D eigenvalue weighted by Crippen LogP contribution is 2.16. The van der Waals surface area contributed by atoms with E-state index in [0.717, 1.165) is 12.1 Å². The normalized spacial score (nSPS) is 13.1. The Balaban J connectivity index is 2.17. The van der Waals surface area contributed by atoms with Gasteiger partial charge in [0.25, 0.3) is 0 Å². The number of hydrogen-bond donors (Lipinski definition) is 2. The molecule has 0 saturated carbocycles. The zero-order chi connectivity index (χ0) is 13.0. The SMILES string of the molecule is CC(C)[C@@H](CO)NCc1ccnc2ccccc12. The molecular weight excluding hydrogens is 224 g/mol. The predicted molar refractivity (Wildman–Crippen MR) is 74.3 cm³/mol. The molecule has 2 N–H and O–H groups in total. The maximum atomic E-state index is 9.31. The average molecular weight is 244 g/mol. The summed E-state index contributed by atoms with van der Waals surface area (Å²) >= 11 is 0. The number of hydrogen-bond acceptors (Lipinski definition) is 3. The first-order valence-corrected chi connectivity index (χ1v) is 6.39. The number of benzene rings is 1. The Bertz CT molecular complexity index is 505. The molecule has 18 heavy (non-hydrogen) atoms. The van der Waals surface area contributed by atoms with Crippen molar-refractivity contribution in [3.8, 4) is 0 Å². The number of nitrogens with one attached hydrogen (secondary N) is 1. The molecule has 0 aliphatic heterocycles. The van der Waals surface area contributed by atoms with E-state index in [-0.39, 0.29) is 12.6 Å². The number of aliphatic hydroxyl groups is 1. The second-order valence-electron chi connectivity index (χ2n) is 4.90. The lowest BCUT2D eigenvalue weighted by atomic mass is 10.0. The molecule has 0 bridgehead atoms. The van der Waals surface area contributed by atoms with Crippen molar-refractivity contribution in [1.29, 1.82) is 0 Å². The van der Waals surface area contributed by atoms with Gasteiger partial charge >= 0.3 is 0 Å². The van der Waals surface area contributed by atoms with Crippen molar-refractivity contribution >= 4 is 10.9 Å². The van der Waals surface area contributed by atoms with E-state index in [1.54, 1.807) is 0 Å². The Kier molecular flexibility index (Phi) is 4.28. The van der Waals surface area contributed by atoms with E-state index in [0.29, 0.717) is 5.92 Å². The summed E-state index contributed by atoms with van der Waals surface area (Å²) in [6.07, 6.45) is 1.84. The van der Waals surface area contributed by atoms with Gasteiger partial charge in [-0.25, -0.2) is 0 Å². The molecular formula is C15H20N2O.